The van der Waals surface area contributed by atoms with Gasteiger partial charge in [-0.2, -0.15) is 0 Å². The van der Waals surface area contributed by atoms with Crippen LogP contribution in [0.1, 0.15) is 12.0 Å². The Labute approximate surface area is 110 Å². The van der Waals surface area contributed by atoms with Gasteiger partial charge in [0, 0.05) is 16.9 Å². The lowest BCUT2D eigenvalue weighted by Gasteiger charge is -2.06. The summed E-state index contributed by atoms with van der Waals surface area (Å²) in [5.41, 5.74) is 1.25. The molecule has 0 saturated carbocycles. The summed E-state index contributed by atoms with van der Waals surface area (Å²) in [5, 5.41) is 0. The zero-order chi connectivity index (χ0) is 11.9. The molecule has 3 heteroatoms. The number of aromatic nitrogens is 1. The molecule has 0 amide bonds. The second-order valence-corrected chi connectivity index (χ2v) is 4.69. The summed E-state index contributed by atoms with van der Waals surface area (Å²) in [4.78, 5) is 4.09. The van der Waals surface area contributed by atoms with E-state index < -0.39 is 0 Å². The number of halogens is 1. The van der Waals surface area contributed by atoms with Crippen LogP contribution in [0.3, 0.4) is 0 Å². The van der Waals surface area contributed by atoms with Crippen LogP contribution in [0, 0.1) is 0 Å². The number of ether oxygens (including phenoxy) is 1. The van der Waals surface area contributed by atoms with Crippen LogP contribution in [-0.4, -0.2) is 11.6 Å². The molecule has 0 atom stereocenters. The standard InChI is InChI=1S/C14H14BrNO/c15-13-6-1-7-14(10-13)17-9-3-5-12-4-2-8-16-11-12/h1-2,4,6-8,10-11H,3,5,9H2. The second-order valence-electron chi connectivity index (χ2n) is 3.77. The highest BCUT2D eigenvalue weighted by atomic mass is 79.9. The fourth-order valence-corrected chi connectivity index (χ4v) is 1.95. The minimum atomic E-state index is 0.728. The maximum atomic E-state index is 5.66. The molecule has 0 spiro atoms. The predicted molar refractivity (Wildman–Crippen MR) is 72.2 cm³/mol. The molecule has 2 aromatic rings. The fraction of sp³-hybridized carbons (Fsp3) is 0.214. The van der Waals surface area contributed by atoms with E-state index in [0.717, 1.165) is 29.7 Å². The maximum absolute atomic E-state index is 5.66. The summed E-state index contributed by atoms with van der Waals surface area (Å²) >= 11 is 3.42. The molecular weight excluding hydrogens is 278 g/mol. The van der Waals surface area contributed by atoms with Gasteiger partial charge >= 0.3 is 0 Å². The Balaban J connectivity index is 1.73. The lowest BCUT2D eigenvalue weighted by molar-refractivity contribution is 0.311. The lowest BCUT2D eigenvalue weighted by Crippen LogP contribution is -1.99. The van der Waals surface area contributed by atoms with Crippen molar-refractivity contribution in [2.24, 2.45) is 0 Å². The third kappa shape index (κ3) is 4.19. The van der Waals surface area contributed by atoms with E-state index in [1.54, 1.807) is 6.20 Å². The first-order valence-corrected chi connectivity index (χ1v) is 6.41. The summed E-state index contributed by atoms with van der Waals surface area (Å²) in [5.74, 6) is 0.908. The van der Waals surface area contributed by atoms with Crippen LogP contribution in [0.5, 0.6) is 5.75 Å². The molecule has 88 valence electrons. The van der Waals surface area contributed by atoms with Gasteiger partial charge in [0.2, 0.25) is 0 Å². The van der Waals surface area contributed by atoms with Crippen LogP contribution in [0.2, 0.25) is 0 Å². The van der Waals surface area contributed by atoms with Crippen LogP contribution >= 0.6 is 15.9 Å². The molecular formula is C14H14BrNO. The Bertz CT molecular complexity index is 459. The third-order valence-corrected chi connectivity index (χ3v) is 2.89. The number of benzene rings is 1. The van der Waals surface area contributed by atoms with Gasteiger partial charge in [0.15, 0.2) is 0 Å². The zero-order valence-electron chi connectivity index (χ0n) is 9.47. The Morgan fingerprint density at radius 2 is 2.12 bits per heavy atom. The minimum absolute atomic E-state index is 0.728. The van der Waals surface area contributed by atoms with E-state index in [1.807, 2.05) is 36.5 Å². The molecule has 0 fully saturated rings. The average molecular weight is 292 g/mol. The van der Waals surface area contributed by atoms with E-state index in [-0.39, 0.29) is 0 Å². The average Bonchev–Trinajstić information content (AvgIpc) is 2.36. The van der Waals surface area contributed by atoms with E-state index in [1.165, 1.54) is 5.56 Å². The van der Waals surface area contributed by atoms with E-state index in [4.69, 9.17) is 4.74 Å². The number of hydrogen-bond acceptors (Lipinski definition) is 2. The number of nitrogens with zero attached hydrogens (tertiary/aromatic N) is 1. The van der Waals surface area contributed by atoms with Crippen molar-refractivity contribution in [1.29, 1.82) is 0 Å². The van der Waals surface area contributed by atoms with Crippen LogP contribution < -0.4 is 4.74 Å². The number of aryl methyl sites for hydroxylation is 1. The van der Waals surface area contributed by atoms with Crippen molar-refractivity contribution in [2.45, 2.75) is 12.8 Å². The van der Waals surface area contributed by atoms with Crippen LogP contribution in [-0.2, 0) is 6.42 Å². The largest absolute Gasteiger partial charge is 0.494 e. The molecule has 0 aliphatic carbocycles. The quantitative estimate of drug-likeness (QED) is 0.781. The van der Waals surface area contributed by atoms with Gasteiger partial charge in [-0.3, -0.25) is 4.98 Å². The number of hydrogen-bond donors (Lipinski definition) is 0. The van der Waals surface area contributed by atoms with Crippen molar-refractivity contribution in [2.75, 3.05) is 6.61 Å². The maximum Gasteiger partial charge on any atom is 0.120 e. The normalized spacial score (nSPS) is 10.2. The van der Waals surface area contributed by atoms with Crippen LogP contribution in [0.25, 0.3) is 0 Å². The van der Waals surface area contributed by atoms with Crippen LogP contribution in [0.15, 0.2) is 53.3 Å². The van der Waals surface area contributed by atoms with Gasteiger partial charge in [0.25, 0.3) is 0 Å². The minimum Gasteiger partial charge on any atom is -0.494 e. The first-order chi connectivity index (χ1) is 8.34. The second kappa shape index (κ2) is 6.40. The van der Waals surface area contributed by atoms with Crippen molar-refractivity contribution in [3.63, 3.8) is 0 Å². The molecule has 1 heterocycles. The third-order valence-electron chi connectivity index (χ3n) is 2.40. The molecule has 2 rings (SSSR count). The molecule has 0 saturated heterocycles. The predicted octanol–water partition coefficient (Wildman–Crippen LogP) is 3.86. The molecule has 2 nitrogen and oxygen atoms in total. The van der Waals surface area contributed by atoms with Gasteiger partial charge in [-0.05, 0) is 42.7 Å². The molecule has 0 aliphatic rings. The van der Waals surface area contributed by atoms with Gasteiger partial charge in [-0.15, -0.1) is 0 Å². The smallest absolute Gasteiger partial charge is 0.120 e. The van der Waals surface area contributed by atoms with Gasteiger partial charge in [0.1, 0.15) is 5.75 Å². The van der Waals surface area contributed by atoms with E-state index >= 15 is 0 Å². The molecule has 0 aliphatic heterocycles. The van der Waals surface area contributed by atoms with Crippen LogP contribution in [0.4, 0.5) is 0 Å². The van der Waals surface area contributed by atoms with Gasteiger partial charge in [-0.1, -0.05) is 28.1 Å². The monoisotopic (exact) mass is 291 g/mol. The van der Waals surface area contributed by atoms with E-state index in [0.29, 0.717) is 0 Å². The molecule has 0 N–H and O–H groups in total. The number of pyridine rings is 1. The first kappa shape index (κ1) is 12.1. The Kier molecular flexibility index (Phi) is 4.56. The Morgan fingerprint density at radius 1 is 1.18 bits per heavy atom. The van der Waals surface area contributed by atoms with Crippen molar-refractivity contribution < 1.29 is 4.74 Å². The van der Waals surface area contributed by atoms with Gasteiger partial charge < -0.3 is 4.74 Å². The van der Waals surface area contributed by atoms with Crippen molar-refractivity contribution >= 4 is 15.9 Å². The highest BCUT2D eigenvalue weighted by Crippen LogP contribution is 2.17. The van der Waals surface area contributed by atoms with E-state index in [2.05, 4.69) is 27.0 Å². The SMILES string of the molecule is Brc1cccc(OCCCc2cccnc2)c1. The molecule has 1 aromatic heterocycles. The van der Waals surface area contributed by atoms with E-state index in [9.17, 15) is 0 Å². The first-order valence-electron chi connectivity index (χ1n) is 5.62. The zero-order valence-corrected chi connectivity index (χ0v) is 11.1. The Hall–Kier alpha value is -1.35. The molecule has 17 heavy (non-hydrogen) atoms. The molecule has 0 radical (unpaired) electrons. The topological polar surface area (TPSA) is 22.1 Å². The summed E-state index contributed by atoms with van der Waals surface area (Å²) in [6, 6.07) is 12.0. The van der Waals surface area contributed by atoms with Gasteiger partial charge in [0.05, 0.1) is 6.61 Å². The summed E-state index contributed by atoms with van der Waals surface area (Å²) in [6.45, 7) is 0.728. The van der Waals surface area contributed by atoms with Crippen molar-refractivity contribution in [1.82, 2.24) is 4.98 Å². The fourth-order valence-electron chi connectivity index (χ4n) is 1.57. The highest BCUT2D eigenvalue weighted by molar-refractivity contribution is 9.10. The van der Waals surface area contributed by atoms with Crippen molar-refractivity contribution in [3.05, 3.63) is 58.8 Å². The summed E-state index contributed by atoms with van der Waals surface area (Å²) < 4.78 is 6.70. The molecule has 0 bridgehead atoms. The summed E-state index contributed by atoms with van der Waals surface area (Å²) in [6.07, 6.45) is 5.70. The Morgan fingerprint density at radius 3 is 2.88 bits per heavy atom. The molecule has 1 aromatic carbocycles. The summed E-state index contributed by atoms with van der Waals surface area (Å²) in [7, 11) is 0. The van der Waals surface area contributed by atoms with Crippen molar-refractivity contribution in [3.8, 4) is 5.75 Å². The highest BCUT2D eigenvalue weighted by Gasteiger charge is 1.96. The number of rotatable bonds is 5. The molecule has 0 unspecified atom stereocenters. The lowest BCUT2D eigenvalue weighted by atomic mass is 10.2. The van der Waals surface area contributed by atoms with Gasteiger partial charge in [-0.25, -0.2) is 0 Å².